The summed E-state index contributed by atoms with van der Waals surface area (Å²) in [6.45, 7) is 5.21. The van der Waals surface area contributed by atoms with Gasteiger partial charge in [-0.05, 0) is 32.8 Å². The highest BCUT2D eigenvalue weighted by Crippen LogP contribution is 2.32. The molecule has 0 saturated carbocycles. The van der Waals surface area contributed by atoms with Crippen LogP contribution in [0.1, 0.15) is 37.1 Å². The van der Waals surface area contributed by atoms with Crippen LogP contribution >= 0.6 is 11.8 Å². The maximum absolute atomic E-state index is 4.94. The molecule has 0 fully saturated rings. The monoisotopic (exact) mass is 430 g/mol. The molecular weight excluding hydrogens is 400 g/mol. The Kier molecular flexibility index (Phi) is 7.26. The molecule has 4 nitrogen and oxygen atoms in total. The van der Waals surface area contributed by atoms with Gasteiger partial charge in [0.1, 0.15) is 0 Å². The molecule has 31 heavy (non-hydrogen) atoms. The van der Waals surface area contributed by atoms with Gasteiger partial charge in [-0.15, -0.1) is 0 Å². The first kappa shape index (κ1) is 21.4. The number of nitrogens with zero attached hydrogens (tertiary/aromatic N) is 3. The van der Waals surface area contributed by atoms with E-state index in [1.54, 1.807) is 0 Å². The number of hydrogen-bond acceptors (Lipinski definition) is 3. The van der Waals surface area contributed by atoms with Crippen molar-refractivity contribution in [1.82, 2.24) is 19.7 Å². The normalized spacial score (nSPS) is 11.2. The fourth-order valence-electron chi connectivity index (χ4n) is 3.83. The maximum atomic E-state index is 4.94. The van der Waals surface area contributed by atoms with Gasteiger partial charge in [-0.25, -0.2) is 4.98 Å². The summed E-state index contributed by atoms with van der Waals surface area (Å²) in [4.78, 5) is 8.51. The van der Waals surface area contributed by atoms with Crippen molar-refractivity contribution in [2.45, 2.75) is 51.2 Å². The molecule has 4 aromatic rings. The van der Waals surface area contributed by atoms with Gasteiger partial charge in [-0.2, -0.15) is 5.10 Å². The molecule has 0 aliphatic rings. The first-order valence-corrected chi connectivity index (χ1v) is 12.0. The van der Waals surface area contributed by atoms with Crippen molar-refractivity contribution in [2.75, 3.05) is 5.75 Å². The predicted octanol–water partition coefficient (Wildman–Crippen LogP) is 6.91. The van der Waals surface area contributed by atoms with E-state index in [9.17, 15) is 0 Å². The summed E-state index contributed by atoms with van der Waals surface area (Å²) < 4.78 is 2.13. The average Bonchev–Trinajstić information content (AvgIpc) is 3.37. The molecule has 2 aromatic heterocycles. The highest BCUT2D eigenvalue weighted by Gasteiger charge is 2.14. The summed E-state index contributed by atoms with van der Waals surface area (Å²) in [6, 6.07) is 23.0. The van der Waals surface area contributed by atoms with Crippen molar-refractivity contribution in [3.63, 3.8) is 0 Å². The van der Waals surface area contributed by atoms with Gasteiger partial charge in [-0.1, -0.05) is 85.3 Å². The van der Waals surface area contributed by atoms with Crippen LogP contribution in [0, 0.1) is 13.8 Å². The molecule has 5 heteroatoms. The molecule has 0 amide bonds. The SMILES string of the molecule is Cc1cc(C)n(CCCCCCSc2nc(-c3ccccc3)c(-c3ccccc3)[nH]2)n1. The van der Waals surface area contributed by atoms with E-state index in [0.29, 0.717) is 0 Å². The largest absolute Gasteiger partial charge is 0.332 e. The Morgan fingerprint density at radius 1 is 0.839 bits per heavy atom. The van der Waals surface area contributed by atoms with Crippen LogP contribution in [0.15, 0.2) is 71.9 Å². The topological polar surface area (TPSA) is 46.5 Å². The molecule has 0 radical (unpaired) electrons. The molecular formula is C26H30N4S. The van der Waals surface area contributed by atoms with Gasteiger partial charge < -0.3 is 4.98 Å². The predicted molar refractivity (Wildman–Crippen MR) is 130 cm³/mol. The van der Waals surface area contributed by atoms with Crippen LogP contribution in [0.4, 0.5) is 0 Å². The number of thioether (sulfide) groups is 1. The molecule has 2 heterocycles. The minimum absolute atomic E-state index is 1.00. The van der Waals surface area contributed by atoms with E-state index >= 15 is 0 Å². The Morgan fingerprint density at radius 3 is 2.19 bits per heavy atom. The van der Waals surface area contributed by atoms with Crippen LogP contribution in [-0.2, 0) is 6.54 Å². The molecule has 0 spiro atoms. The molecule has 1 N–H and O–H groups in total. The van der Waals surface area contributed by atoms with Gasteiger partial charge in [-0.3, -0.25) is 4.68 Å². The highest BCUT2D eigenvalue weighted by molar-refractivity contribution is 7.99. The smallest absolute Gasteiger partial charge is 0.166 e. The zero-order chi connectivity index (χ0) is 21.5. The molecule has 4 rings (SSSR count). The van der Waals surface area contributed by atoms with Crippen molar-refractivity contribution in [3.8, 4) is 22.5 Å². The molecule has 0 bridgehead atoms. The number of imidazole rings is 1. The Labute approximate surface area is 189 Å². The minimum atomic E-state index is 1.00. The van der Waals surface area contributed by atoms with Crippen molar-refractivity contribution in [3.05, 3.63) is 78.1 Å². The second kappa shape index (κ2) is 10.5. The lowest BCUT2D eigenvalue weighted by Crippen LogP contribution is -2.02. The molecule has 0 unspecified atom stereocenters. The van der Waals surface area contributed by atoms with Gasteiger partial charge in [0.25, 0.3) is 0 Å². The van der Waals surface area contributed by atoms with Crippen LogP contribution in [-0.4, -0.2) is 25.5 Å². The van der Waals surface area contributed by atoms with Crippen molar-refractivity contribution < 1.29 is 0 Å². The lowest BCUT2D eigenvalue weighted by atomic mass is 10.1. The summed E-state index contributed by atoms with van der Waals surface area (Å²) in [5.74, 6) is 1.08. The summed E-state index contributed by atoms with van der Waals surface area (Å²) in [7, 11) is 0. The number of rotatable bonds is 10. The number of aromatic amines is 1. The van der Waals surface area contributed by atoms with E-state index < -0.39 is 0 Å². The third kappa shape index (κ3) is 5.67. The first-order chi connectivity index (χ1) is 15.2. The van der Waals surface area contributed by atoms with E-state index in [1.807, 2.05) is 23.9 Å². The quantitative estimate of drug-likeness (QED) is 0.220. The summed E-state index contributed by atoms with van der Waals surface area (Å²) >= 11 is 1.82. The van der Waals surface area contributed by atoms with Crippen LogP contribution in [0.3, 0.4) is 0 Å². The molecule has 2 aromatic carbocycles. The molecule has 0 saturated heterocycles. The summed E-state index contributed by atoms with van der Waals surface area (Å²) in [5, 5.41) is 5.54. The van der Waals surface area contributed by atoms with E-state index in [-0.39, 0.29) is 0 Å². The van der Waals surface area contributed by atoms with Gasteiger partial charge in [0.05, 0.1) is 17.1 Å². The van der Waals surface area contributed by atoms with Crippen LogP contribution in [0.5, 0.6) is 0 Å². The minimum Gasteiger partial charge on any atom is -0.332 e. The number of aromatic nitrogens is 4. The number of aryl methyl sites for hydroxylation is 3. The van der Waals surface area contributed by atoms with Gasteiger partial charge in [0.2, 0.25) is 0 Å². The number of hydrogen-bond donors (Lipinski definition) is 1. The third-order valence-corrected chi connectivity index (χ3v) is 6.36. The van der Waals surface area contributed by atoms with Gasteiger partial charge in [0, 0.05) is 29.1 Å². The van der Waals surface area contributed by atoms with Crippen LogP contribution in [0.25, 0.3) is 22.5 Å². The lowest BCUT2D eigenvalue weighted by molar-refractivity contribution is 0.530. The highest BCUT2D eigenvalue weighted by atomic mass is 32.2. The van der Waals surface area contributed by atoms with Crippen molar-refractivity contribution in [1.29, 1.82) is 0 Å². The third-order valence-electron chi connectivity index (χ3n) is 5.40. The molecule has 0 aliphatic carbocycles. The van der Waals surface area contributed by atoms with E-state index in [0.717, 1.165) is 40.1 Å². The Hall–Kier alpha value is -2.79. The van der Waals surface area contributed by atoms with Crippen LogP contribution < -0.4 is 0 Å². The zero-order valence-electron chi connectivity index (χ0n) is 18.3. The Bertz CT molecular complexity index is 1030. The van der Waals surface area contributed by atoms with Gasteiger partial charge in [0.15, 0.2) is 5.16 Å². The fourth-order valence-corrected chi connectivity index (χ4v) is 4.70. The summed E-state index contributed by atoms with van der Waals surface area (Å²) in [6.07, 6.45) is 4.86. The zero-order valence-corrected chi connectivity index (χ0v) is 19.2. The molecule has 0 atom stereocenters. The van der Waals surface area contributed by atoms with Gasteiger partial charge >= 0.3 is 0 Å². The average molecular weight is 431 g/mol. The maximum Gasteiger partial charge on any atom is 0.166 e. The molecule has 0 aliphatic heterocycles. The van der Waals surface area contributed by atoms with Crippen molar-refractivity contribution >= 4 is 11.8 Å². The van der Waals surface area contributed by atoms with E-state index in [1.165, 1.54) is 36.9 Å². The van der Waals surface area contributed by atoms with Crippen molar-refractivity contribution in [2.24, 2.45) is 0 Å². The van der Waals surface area contributed by atoms with E-state index in [4.69, 9.17) is 4.98 Å². The number of nitrogens with one attached hydrogen (secondary N) is 1. The Balaban J connectivity index is 1.31. The second-order valence-corrected chi connectivity index (χ2v) is 8.99. The standard InChI is InChI=1S/C26H30N4S/c1-20-19-21(2)30(29-20)17-11-3-4-12-18-31-26-27-24(22-13-7-5-8-14-22)25(28-26)23-15-9-6-10-16-23/h5-10,13-16,19H,3-4,11-12,17-18H2,1-2H3,(H,27,28). The summed E-state index contributed by atoms with van der Waals surface area (Å²) in [5.41, 5.74) is 6.81. The van der Waals surface area contributed by atoms with E-state index in [2.05, 4.69) is 83.2 Å². The second-order valence-electron chi connectivity index (χ2n) is 7.91. The lowest BCUT2D eigenvalue weighted by Gasteiger charge is -2.04. The number of unbranched alkanes of at least 4 members (excludes halogenated alkanes) is 3. The number of H-pyrrole nitrogens is 1. The van der Waals surface area contributed by atoms with Crippen LogP contribution in [0.2, 0.25) is 0 Å². The number of benzene rings is 2. The Morgan fingerprint density at radius 2 is 1.52 bits per heavy atom. The first-order valence-electron chi connectivity index (χ1n) is 11.1. The molecule has 160 valence electrons. The fraction of sp³-hybridized carbons (Fsp3) is 0.308.